The van der Waals surface area contributed by atoms with Gasteiger partial charge in [0.1, 0.15) is 0 Å². The smallest absolute Gasteiger partial charge is 0.550 e. The molecule has 0 saturated carbocycles. The Morgan fingerprint density at radius 3 is 0.852 bits per heavy atom. The van der Waals surface area contributed by atoms with E-state index in [0.29, 0.717) is 0 Å². The molecule has 132 valence electrons. The van der Waals surface area contributed by atoms with Gasteiger partial charge in [-0.2, -0.15) is 0 Å². The summed E-state index contributed by atoms with van der Waals surface area (Å²) in [7, 11) is 0. The van der Waals surface area contributed by atoms with Crippen LogP contribution >= 0.6 is 0 Å². The van der Waals surface area contributed by atoms with Gasteiger partial charge in [0.05, 0.1) is 23.9 Å². The fourth-order valence-electron chi connectivity index (χ4n) is 0.960. The maximum Gasteiger partial charge on any atom is 2.00 e. The average molecular weight is 462 g/mol. The third-order valence-electron chi connectivity index (χ3n) is 1.78. The maximum absolute atomic E-state index is 10.0. The second kappa shape index (κ2) is 20.8. The molecule has 0 fully saturated rings. The minimum absolute atomic E-state index is 0. The number of carbonyl (C=O) groups is 6. The largest absolute Gasteiger partial charge is 2.00 e. The van der Waals surface area contributed by atoms with Crippen LogP contribution in [0.5, 0.6) is 0 Å². The molecule has 0 aliphatic carbocycles. The number of carboxylic acids is 6. The molecule has 0 amide bonds. The molecule has 0 bridgehead atoms. The molecule has 0 atom stereocenters. The Labute approximate surface area is 240 Å². The first-order valence-corrected chi connectivity index (χ1v) is 5.52. The van der Waals surface area contributed by atoms with Crippen LogP contribution in [0.15, 0.2) is 23.3 Å². The molecule has 0 heterocycles. The molecule has 12 nitrogen and oxygen atoms in total. The summed E-state index contributed by atoms with van der Waals surface area (Å²) in [6, 6.07) is 0. The van der Waals surface area contributed by atoms with E-state index in [0.717, 1.165) is 0 Å². The van der Waals surface area contributed by atoms with Crippen LogP contribution in [0.1, 0.15) is 12.8 Å². The van der Waals surface area contributed by atoms with E-state index < -0.39 is 59.8 Å². The fraction of sp³-hybridized carbons (Fsp3) is 0.167. The Morgan fingerprint density at radius 2 is 0.741 bits per heavy atom. The molecule has 0 aromatic heterocycles. The SMILES string of the molecule is O=C([O-])/C=C(/CC(=O)[O-])C(=O)[O-].O=C([O-])/C=C(/CC(=O)[O-])C(=O)[O-].[Ca+2].[Ca+2].[Ca+2]. The summed E-state index contributed by atoms with van der Waals surface area (Å²) < 4.78 is 0. The van der Waals surface area contributed by atoms with Crippen molar-refractivity contribution in [2.45, 2.75) is 12.8 Å². The first kappa shape index (κ1) is 37.8. The molecule has 0 aromatic rings. The predicted molar refractivity (Wildman–Crippen MR) is 72.7 cm³/mol. The Kier molecular flexibility index (Phi) is 29.1. The van der Waals surface area contributed by atoms with Crippen molar-refractivity contribution in [2.75, 3.05) is 0 Å². The minimum Gasteiger partial charge on any atom is -0.550 e. The quantitative estimate of drug-likeness (QED) is 0.241. The molecule has 0 aromatic carbocycles. The van der Waals surface area contributed by atoms with Gasteiger partial charge in [-0.3, -0.25) is 0 Å². The molecular weight excluding hydrogens is 456 g/mol. The monoisotopic (exact) mass is 462 g/mol. The first-order chi connectivity index (χ1) is 10.9. The van der Waals surface area contributed by atoms with Crippen molar-refractivity contribution in [1.29, 1.82) is 0 Å². The molecular formula is C12H6Ca3O12. The summed E-state index contributed by atoms with van der Waals surface area (Å²) in [5, 5.41) is 59.3. The van der Waals surface area contributed by atoms with Crippen molar-refractivity contribution < 1.29 is 59.4 Å². The normalized spacial score (nSPS) is 9.63. The number of hydrogen-bond donors (Lipinski definition) is 0. The fourth-order valence-corrected chi connectivity index (χ4v) is 0.960. The molecule has 0 N–H and O–H groups in total. The van der Waals surface area contributed by atoms with Gasteiger partial charge in [0, 0.05) is 24.8 Å². The van der Waals surface area contributed by atoms with E-state index in [1.807, 2.05) is 0 Å². The summed E-state index contributed by atoms with van der Waals surface area (Å²) in [6.45, 7) is 0. The molecule has 27 heavy (non-hydrogen) atoms. The molecule has 0 spiro atoms. The molecule has 0 aliphatic heterocycles. The van der Waals surface area contributed by atoms with E-state index in [1.165, 1.54) is 0 Å². The van der Waals surface area contributed by atoms with Crippen molar-refractivity contribution >= 4 is 149 Å². The Bertz CT molecular complexity index is 569. The van der Waals surface area contributed by atoms with E-state index in [4.69, 9.17) is 0 Å². The average Bonchev–Trinajstić information content (AvgIpc) is 2.35. The van der Waals surface area contributed by atoms with Crippen molar-refractivity contribution in [3.8, 4) is 0 Å². The van der Waals surface area contributed by atoms with Crippen molar-refractivity contribution in [3.63, 3.8) is 0 Å². The van der Waals surface area contributed by atoms with Crippen LogP contribution in [0, 0.1) is 0 Å². The van der Waals surface area contributed by atoms with E-state index in [2.05, 4.69) is 0 Å². The Morgan fingerprint density at radius 1 is 0.519 bits per heavy atom. The topological polar surface area (TPSA) is 241 Å². The summed E-state index contributed by atoms with van der Waals surface area (Å²) in [5.41, 5.74) is -1.79. The summed E-state index contributed by atoms with van der Waals surface area (Å²) in [6.07, 6.45) is -1.75. The van der Waals surface area contributed by atoms with Gasteiger partial charge >= 0.3 is 113 Å². The Hall–Kier alpha value is 0.0792. The number of carboxylic acid groups (broad SMARTS) is 6. The zero-order chi connectivity index (χ0) is 19.4. The van der Waals surface area contributed by atoms with Gasteiger partial charge in [-0.1, -0.05) is 0 Å². The van der Waals surface area contributed by atoms with Gasteiger partial charge in [0.25, 0.3) is 0 Å². The van der Waals surface area contributed by atoms with Crippen LogP contribution in [0.3, 0.4) is 0 Å². The predicted octanol–water partition coefficient (Wildman–Crippen LogP) is -10.0. The van der Waals surface area contributed by atoms with Crippen LogP contribution in [0.2, 0.25) is 0 Å². The van der Waals surface area contributed by atoms with Gasteiger partial charge in [-0.25, -0.2) is 0 Å². The zero-order valence-corrected chi connectivity index (χ0v) is 20.2. The molecule has 0 unspecified atom stereocenters. The molecule has 15 heteroatoms. The van der Waals surface area contributed by atoms with Crippen LogP contribution in [-0.4, -0.2) is 149 Å². The minimum atomic E-state index is -1.87. The standard InChI is InChI=1S/2C6H6O6.3Ca/c2*7-4(8)1-3(6(11)12)2-5(9)10;;;/h2*1H,2H2,(H,7,8)(H,9,10)(H,11,12);;;/q;;3*+2/p-6/b2*3-1-;;;. The Balaban J connectivity index is -0.000000108. The summed E-state index contributed by atoms with van der Waals surface area (Å²) >= 11 is 0. The van der Waals surface area contributed by atoms with E-state index in [1.54, 1.807) is 0 Å². The van der Waals surface area contributed by atoms with Crippen LogP contribution < -0.4 is 30.6 Å². The van der Waals surface area contributed by atoms with E-state index in [-0.39, 0.29) is 125 Å². The summed E-state index contributed by atoms with van der Waals surface area (Å²) in [4.78, 5) is 59.3. The molecule has 0 aliphatic rings. The van der Waals surface area contributed by atoms with Gasteiger partial charge in [-0.15, -0.1) is 0 Å². The first-order valence-electron chi connectivity index (χ1n) is 5.52. The number of aliphatic carboxylic acids is 6. The van der Waals surface area contributed by atoms with Gasteiger partial charge in [0.15, 0.2) is 0 Å². The zero-order valence-electron chi connectivity index (χ0n) is 13.6. The van der Waals surface area contributed by atoms with E-state index in [9.17, 15) is 59.4 Å². The van der Waals surface area contributed by atoms with Gasteiger partial charge < -0.3 is 59.4 Å². The third kappa shape index (κ3) is 26.1. The number of hydrogen-bond acceptors (Lipinski definition) is 12. The number of rotatable bonds is 8. The molecule has 0 saturated heterocycles. The molecule has 0 rings (SSSR count). The second-order valence-electron chi connectivity index (χ2n) is 3.65. The van der Waals surface area contributed by atoms with Crippen molar-refractivity contribution in [1.82, 2.24) is 0 Å². The maximum atomic E-state index is 10.0. The van der Waals surface area contributed by atoms with Crippen molar-refractivity contribution in [3.05, 3.63) is 23.3 Å². The van der Waals surface area contributed by atoms with Crippen LogP contribution in [-0.2, 0) is 28.8 Å². The van der Waals surface area contributed by atoms with Gasteiger partial charge in [-0.05, 0) is 23.3 Å². The summed E-state index contributed by atoms with van der Waals surface area (Å²) in [5.74, 6) is -10.7. The van der Waals surface area contributed by atoms with Crippen LogP contribution in [0.25, 0.3) is 0 Å². The number of carbonyl (C=O) groups excluding carboxylic acids is 6. The van der Waals surface area contributed by atoms with Crippen LogP contribution in [0.4, 0.5) is 0 Å². The van der Waals surface area contributed by atoms with Gasteiger partial charge in [0.2, 0.25) is 0 Å². The molecule has 0 radical (unpaired) electrons. The second-order valence-corrected chi connectivity index (χ2v) is 3.65. The third-order valence-corrected chi connectivity index (χ3v) is 1.78. The van der Waals surface area contributed by atoms with Crippen molar-refractivity contribution in [2.24, 2.45) is 0 Å². The van der Waals surface area contributed by atoms with E-state index >= 15 is 0 Å².